The molecule has 1 aliphatic rings. The summed E-state index contributed by atoms with van der Waals surface area (Å²) in [5.74, 6) is 0. The van der Waals surface area contributed by atoms with E-state index in [-0.39, 0.29) is 0 Å². The van der Waals surface area contributed by atoms with Gasteiger partial charge in [0.1, 0.15) is 0 Å². The van der Waals surface area contributed by atoms with E-state index in [0.29, 0.717) is 6.04 Å². The minimum atomic E-state index is 0.359. The molecule has 0 bridgehead atoms. The van der Waals surface area contributed by atoms with Crippen molar-refractivity contribution in [2.75, 3.05) is 7.05 Å². The van der Waals surface area contributed by atoms with Gasteiger partial charge in [0, 0.05) is 23.8 Å². The number of nitrogens with zero attached hydrogens (tertiary/aromatic N) is 1. The molecule has 2 nitrogen and oxygen atoms in total. The zero-order chi connectivity index (χ0) is 13.8. The monoisotopic (exact) mass is 266 g/mol. The molecule has 3 rings (SSSR count). The Hall–Kier alpha value is -1.67. The first-order valence-corrected chi connectivity index (χ1v) is 7.56. The number of aromatic nitrogens is 1. The lowest BCUT2D eigenvalue weighted by Gasteiger charge is -2.21. The van der Waals surface area contributed by atoms with Crippen LogP contribution in [-0.4, -0.2) is 12.0 Å². The molecule has 0 fully saturated rings. The third-order valence-corrected chi connectivity index (χ3v) is 4.27. The predicted octanol–water partition coefficient (Wildman–Crippen LogP) is 4.39. The fourth-order valence-corrected chi connectivity index (χ4v) is 3.14. The van der Waals surface area contributed by atoms with Gasteiger partial charge in [0.15, 0.2) is 0 Å². The fourth-order valence-electron chi connectivity index (χ4n) is 3.14. The molecule has 0 amide bonds. The van der Waals surface area contributed by atoms with Crippen molar-refractivity contribution in [3.63, 3.8) is 0 Å². The van der Waals surface area contributed by atoms with E-state index in [0.717, 1.165) is 6.42 Å². The minimum absolute atomic E-state index is 0.359. The Labute approximate surface area is 120 Å². The summed E-state index contributed by atoms with van der Waals surface area (Å²) in [4.78, 5) is 4.42. The molecule has 1 aliphatic carbocycles. The lowest BCUT2D eigenvalue weighted by molar-refractivity contribution is 0.560. The van der Waals surface area contributed by atoms with Gasteiger partial charge >= 0.3 is 0 Å². The zero-order valence-corrected chi connectivity index (χ0v) is 12.1. The Morgan fingerprint density at radius 1 is 1.20 bits per heavy atom. The first-order valence-electron chi connectivity index (χ1n) is 7.56. The van der Waals surface area contributed by atoms with Crippen molar-refractivity contribution in [1.29, 1.82) is 0 Å². The van der Waals surface area contributed by atoms with Crippen LogP contribution in [0.5, 0.6) is 0 Å². The summed E-state index contributed by atoms with van der Waals surface area (Å²) < 4.78 is 0. The largest absolute Gasteiger partial charge is 0.313 e. The van der Waals surface area contributed by atoms with E-state index in [1.54, 1.807) is 5.57 Å². The molecule has 1 aromatic carbocycles. The Morgan fingerprint density at radius 3 is 2.90 bits per heavy atom. The number of hydrogen-bond donors (Lipinski definition) is 1. The molecule has 0 radical (unpaired) electrons. The summed E-state index contributed by atoms with van der Waals surface area (Å²) in [7, 11) is 2.05. The van der Waals surface area contributed by atoms with E-state index < -0.39 is 0 Å². The number of fused-ring (bicyclic) bond motifs is 1. The lowest BCUT2D eigenvalue weighted by atomic mass is 9.90. The van der Waals surface area contributed by atoms with Crippen LogP contribution >= 0.6 is 0 Å². The highest BCUT2D eigenvalue weighted by atomic mass is 14.9. The number of allylic oxidation sites excluding steroid dienone is 1. The topological polar surface area (TPSA) is 24.9 Å². The molecule has 0 spiro atoms. The molecule has 20 heavy (non-hydrogen) atoms. The molecule has 2 aromatic rings. The summed E-state index contributed by atoms with van der Waals surface area (Å²) in [6, 6.07) is 8.88. The SMILES string of the molecule is CNC(CC1=CCCCC1)c1cncc2ccccc12. The zero-order valence-electron chi connectivity index (χ0n) is 12.1. The highest BCUT2D eigenvalue weighted by Crippen LogP contribution is 2.30. The second-order valence-electron chi connectivity index (χ2n) is 5.60. The van der Waals surface area contributed by atoms with E-state index in [1.807, 2.05) is 12.4 Å². The standard InChI is InChI=1S/C18H22N2/c1-19-18(11-14-7-3-2-4-8-14)17-13-20-12-15-9-5-6-10-16(15)17/h5-7,9-10,12-13,18-19H,2-4,8,11H2,1H3. The molecule has 1 atom stereocenters. The van der Waals surface area contributed by atoms with Gasteiger partial charge in [0.05, 0.1) is 0 Å². The second kappa shape index (κ2) is 6.19. The van der Waals surface area contributed by atoms with Gasteiger partial charge in [-0.2, -0.15) is 0 Å². The van der Waals surface area contributed by atoms with Crippen LogP contribution in [-0.2, 0) is 0 Å². The van der Waals surface area contributed by atoms with E-state index in [4.69, 9.17) is 0 Å². The quantitative estimate of drug-likeness (QED) is 0.830. The molecule has 104 valence electrons. The van der Waals surface area contributed by atoms with Gasteiger partial charge < -0.3 is 5.32 Å². The summed E-state index contributed by atoms with van der Waals surface area (Å²) >= 11 is 0. The first kappa shape index (κ1) is 13.3. The van der Waals surface area contributed by atoms with Crippen LogP contribution in [0.4, 0.5) is 0 Å². The third-order valence-electron chi connectivity index (χ3n) is 4.27. The maximum absolute atomic E-state index is 4.42. The van der Waals surface area contributed by atoms with Crippen LogP contribution in [0.15, 0.2) is 48.3 Å². The second-order valence-corrected chi connectivity index (χ2v) is 5.60. The molecule has 0 saturated heterocycles. The molecular formula is C18H22N2. The van der Waals surface area contributed by atoms with Crippen LogP contribution in [0.25, 0.3) is 10.8 Å². The van der Waals surface area contributed by atoms with Crippen LogP contribution in [0.2, 0.25) is 0 Å². The highest BCUT2D eigenvalue weighted by molar-refractivity contribution is 5.85. The van der Waals surface area contributed by atoms with Gasteiger partial charge in [-0.15, -0.1) is 0 Å². The average molecular weight is 266 g/mol. The normalized spacial score (nSPS) is 16.9. The number of hydrogen-bond acceptors (Lipinski definition) is 2. The molecule has 2 heteroatoms. The molecule has 1 N–H and O–H groups in total. The molecule has 1 heterocycles. The van der Waals surface area contributed by atoms with E-state index in [2.05, 4.69) is 47.7 Å². The average Bonchev–Trinajstić information content (AvgIpc) is 2.53. The van der Waals surface area contributed by atoms with E-state index in [9.17, 15) is 0 Å². The maximum atomic E-state index is 4.42. The van der Waals surface area contributed by atoms with Gasteiger partial charge in [0.25, 0.3) is 0 Å². The summed E-state index contributed by atoms with van der Waals surface area (Å²) in [6.07, 6.45) is 12.7. The Balaban J connectivity index is 1.92. The smallest absolute Gasteiger partial charge is 0.0376 e. The predicted molar refractivity (Wildman–Crippen MR) is 84.7 cm³/mol. The molecular weight excluding hydrogens is 244 g/mol. The molecule has 0 saturated carbocycles. The van der Waals surface area contributed by atoms with Crippen molar-refractivity contribution in [3.05, 3.63) is 53.9 Å². The summed E-state index contributed by atoms with van der Waals surface area (Å²) in [5, 5.41) is 6.02. The van der Waals surface area contributed by atoms with E-state index in [1.165, 1.54) is 42.0 Å². The Morgan fingerprint density at radius 2 is 2.10 bits per heavy atom. The molecule has 0 aliphatic heterocycles. The highest BCUT2D eigenvalue weighted by Gasteiger charge is 2.15. The van der Waals surface area contributed by atoms with Crippen molar-refractivity contribution in [1.82, 2.24) is 10.3 Å². The van der Waals surface area contributed by atoms with Crippen LogP contribution in [0.3, 0.4) is 0 Å². The van der Waals surface area contributed by atoms with Gasteiger partial charge in [-0.05, 0) is 50.1 Å². The van der Waals surface area contributed by atoms with Gasteiger partial charge in [0.2, 0.25) is 0 Å². The molecule has 1 unspecified atom stereocenters. The van der Waals surface area contributed by atoms with Gasteiger partial charge in [-0.25, -0.2) is 0 Å². The number of pyridine rings is 1. The summed E-state index contributed by atoms with van der Waals surface area (Å²) in [6.45, 7) is 0. The van der Waals surface area contributed by atoms with E-state index >= 15 is 0 Å². The third kappa shape index (κ3) is 2.75. The number of nitrogens with one attached hydrogen (secondary N) is 1. The fraction of sp³-hybridized carbons (Fsp3) is 0.389. The number of rotatable bonds is 4. The lowest BCUT2D eigenvalue weighted by Crippen LogP contribution is -2.18. The van der Waals surface area contributed by atoms with Crippen molar-refractivity contribution in [2.24, 2.45) is 0 Å². The van der Waals surface area contributed by atoms with Gasteiger partial charge in [-0.3, -0.25) is 4.98 Å². The van der Waals surface area contributed by atoms with Gasteiger partial charge in [-0.1, -0.05) is 35.9 Å². The molecule has 1 aromatic heterocycles. The van der Waals surface area contributed by atoms with Crippen molar-refractivity contribution < 1.29 is 0 Å². The van der Waals surface area contributed by atoms with Crippen molar-refractivity contribution in [3.8, 4) is 0 Å². The maximum Gasteiger partial charge on any atom is 0.0376 e. The van der Waals surface area contributed by atoms with Crippen molar-refractivity contribution in [2.45, 2.75) is 38.1 Å². The Kier molecular flexibility index (Phi) is 4.12. The van der Waals surface area contributed by atoms with Crippen LogP contribution < -0.4 is 5.32 Å². The van der Waals surface area contributed by atoms with Crippen LogP contribution in [0.1, 0.15) is 43.7 Å². The first-order chi connectivity index (χ1) is 9.88. The summed E-state index contributed by atoms with van der Waals surface area (Å²) in [5.41, 5.74) is 2.92. The van der Waals surface area contributed by atoms with Crippen LogP contribution in [0, 0.1) is 0 Å². The Bertz CT molecular complexity index is 610. The number of benzene rings is 1. The van der Waals surface area contributed by atoms with Crippen molar-refractivity contribution >= 4 is 10.8 Å². The minimum Gasteiger partial charge on any atom is -0.313 e.